The van der Waals surface area contributed by atoms with Crippen LogP contribution in [0.1, 0.15) is 19.4 Å². The van der Waals surface area contributed by atoms with E-state index < -0.39 is 0 Å². The van der Waals surface area contributed by atoms with E-state index in [0.29, 0.717) is 5.75 Å². The first-order chi connectivity index (χ1) is 10.7. The number of hydrogen-bond acceptors (Lipinski definition) is 1. The number of benzene rings is 3. The topological polar surface area (TPSA) is 20.2 Å². The van der Waals surface area contributed by atoms with Crippen molar-refractivity contribution in [2.24, 2.45) is 0 Å². The molecule has 0 aliphatic heterocycles. The average Bonchev–Trinajstić information content (AvgIpc) is 2.55. The van der Waals surface area contributed by atoms with Gasteiger partial charge in [0.15, 0.2) is 0 Å². The van der Waals surface area contributed by atoms with Crippen LogP contribution in [0.3, 0.4) is 0 Å². The van der Waals surface area contributed by atoms with E-state index in [1.165, 1.54) is 16.7 Å². The van der Waals surface area contributed by atoms with Crippen molar-refractivity contribution in [1.82, 2.24) is 0 Å². The van der Waals surface area contributed by atoms with Gasteiger partial charge in [0.25, 0.3) is 0 Å². The van der Waals surface area contributed by atoms with Crippen LogP contribution in [0.25, 0.3) is 21.9 Å². The van der Waals surface area contributed by atoms with Gasteiger partial charge in [-0.25, -0.2) is 0 Å². The fraction of sp³-hybridized carbons (Fsp3) is 0.143. The fourth-order valence-electron chi connectivity index (χ4n) is 2.74. The van der Waals surface area contributed by atoms with Gasteiger partial charge in [-0.3, -0.25) is 0 Å². The minimum Gasteiger partial charge on any atom is -0.507 e. The molecule has 1 nitrogen and oxygen atoms in total. The predicted molar refractivity (Wildman–Crippen MR) is 94.2 cm³/mol. The summed E-state index contributed by atoms with van der Waals surface area (Å²) in [6.07, 6.45) is 2.90. The summed E-state index contributed by atoms with van der Waals surface area (Å²) in [6.45, 7) is 4.16. The van der Waals surface area contributed by atoms with Crippen LogP contribution in [-0.2, 0) is 6.42 Å². The molecule has 0 atom stereocenters. The molecule has 0 aliphatic rings. The lowest BCUT2D eigenvalue weighted by Crippen LogP contribution is -1.89. The maximum atomic E-state index is 10.6. The second kappa shape index (κ2) is 6.07. The summed E-state index contributed by atoms with van der Waals surface area (Å²) < 4.78 is 0. The second-order valence-corrected chi connectivity index (χ2v) is 5.83. The molecule has 110 valence electrons. The summed E-state index contributed by atoms with van der Waals surface area (Å²) >= 11 is 0. The van der Waals surface area contributed by atoms with E-state index in [9.17, 15) is 5.11 Å². The molecule has 0 aliphatic carbocycles. The molecule has 0 aromatic heterocycles. The monoisotopic (exact) mass is 288 g/mol. The van der Waals surface area contributed by atoms with Crippen LogP contribution in [-0.4, -0.2) is 5.11 Å². The van der Waals surface area contributed by atoms with Gasteiger partial charge in [-0.05, 0) is 48.4 Å². The molecule has 0 bridgehead atoms. The Hall–Kier alpha value is -2.54. The number of phenols is 1. The van der Waals surface area contributed by atoms with Crippen molar-refractivity contribution in [1.29, 1.82) is 0 Å². The summed E-state index contributed by atoms with van der Waals surface area (Å²) in [6, 6.07) is 20.5. The Morgan fingerprint density at radius 2 is 1.55 bits per heavy atom. The lowest BCUT2D eigenvalue weighted by Gasteiger charge is -2.13. The molecule has 3 rings (SSSR count). The van der Waals surface area contributed by atoms with Gasteiger partial charge in [-0.2, -0.15) is 0 Å². The summed E-state index contributed by atoms with van der Waals surface area (Å²) in [4.78, 5) is 0. The van der Waals surface area contributed by atoms with Gasteiger partial charge in [0.05, 0.1) is 0 Å². The highest BCUT2D eigenvalue weighted by Crippen LogP contribution is 2.37. The zero-order valence-corrected chi connectivity index (χ0v) is 13.0. The molecule has 0 amide bonds. The van der Waals surface area contributed by atoms with Crippen LogP contribution >= 0.6 is 0 Å². The van der Waals surface area contributed by atoms with E-state index in [-0.39, 0.29) is 0 Å². The summed E-state index contributed by atoms with van der Waals surface area (Å²) in [7, 11) is 0. The highest BCUT2D eigenvalue weighted by atomic mass is 16.3. The Morgan fingerprint density at radius 3 is 2.23 bits per heavy atom. The first-order valence-corrected chi connectivity index (χ1v) is 7.59. The summed E-state index contributed by atoms with van der Waals surface area (Å²) in [5.41, 5.74) is 4.58. The molecule has 3 aromatic rings. The van der Waals surface area contributed by atoms with Crippen LogP contribution in [0, 0.1) is 0 Å². The van der Waals surface area contributed by atoms with Crippen LogP contribution < -0.4 is 0 Å². The number of rotatable bonds is 3. The first kappa shape index (κ1) is 14.4. The van der Waals surface area contributed by atoms with Crippen LogP contribution in [0.4, 0.5) is 0 Å². The van der Waals surface area contributed by atoms with Crippen molar-refractivity contribution in [2.45, 2.75) is 20.3 Å². The Balaban J connectivity index is 2.26. The maximum Gasteiger partial charge on any atom is 0.126 e. The molecule has 1 N–H and O–H groups in total. The molecule has 1 heteroatoms. The van der Waals surface area contributed by atoms with Crippen molar-refractivity contribution in [3.63, 3.8) is 0 Å². The van der Waals surface area contributed by atoms with Crippen molar-refractivity contribution >= 4 is 10.8 Å². The van der Waals surface area contributed by atoms with Crippen LogP contribution in [0.2, 0.25) is 0 Å². The normalized spacial score (nSPS) is 10.6. The van der Waals surface area contributed by atoms with Crippen molar-refractivity contribution in [3.8, 4) is 16.9 Å². The fourth-order valence-corrected chi connectivity index (χ4v) is 2.74. The van der Waals surface area contributed by atoms with Crippen LogP contribution in [0.5, 0.6) is 5.75 Å². The molecule has 0 heterocycles. The first-order valence-electron chi connectivity index (χ1n) is 7.59. The van der Waals surface area contributed by atoms with Gasteiger partial charge in [0.1, 0.15) is 5.75 Å². The third kappa shape index (κ3) is 2.75. The largest absolute Gasteiger partial charge is 0.507 e. The van der Waals surface area contributed by atoms with Gasteiger partial charge >= 0.3 is 0 Å². The number of fused-ring (bicyclic) bond motifs is 1. The number of allylic oxidation sites excluding steroid dienone is 2. The highest BCUT2D eigenvalue weighted by Gasteiger charge is 2.11. The second-order valence-electron chi connectivity index (χ2n) is 5.83. The minimum atomic E-state index is 0.396. The molecule has 3 aromatic carbocycles. The Labute approximate surface area is 131 Å². The highest BCUT2D eigenvalue weighted by molar-refractivity contribution is 6.01. The summed E-state index contributed by atoms with van der Waals surface area (Å²) in [5, 5.41) is 12.6. The van der Waals surface area contributed by atoms with E-state index in [0.717, 1.165) is 22.8 Å². The standard InChI is InChI=1S/C21H20O/c1-15(2)12-13-17-14-20(16-8-4-3-5-9-16)18-10-6-7-11-19(18)21(17)22/h3-12,14,22H,13H2,1-2H3. The molecule has 0 spiro atoms. The van der Waals surface area contributed by atoms with Gasteiger partial charge in [0.2, 0.25) is 0 Å². The quantitative estimate of drug-likeness (QED) is 0.611. The molecular weight excluding hydrogens is 268 g/mol. The molecule has 0 unspecified atom stereocenters. The van der Waals surface area contributed by atoms with E-state index in [1.807, 2.05) is 36.4 Å². The lowest BCUT2D eigenvalue weighted by atomic mass is 9.93. The number of aromatic hydroxyl groups is 1. The molecule has 0 fully saturated rings. The third-order valence-corrected chi connectivity index (χ3v) is 3.91. The third-order valence-electron chi connectivity index (χ3n) is 3.91. The van der Waals surface area contributed by atoms with E-state index in [4.69, 9.17) is 0 Å². The summed E-state index contributed by atoms with van der Waals surface area (Å²) in [5.74, 6) is 0.396. The minimum absolute atomic E-state index is 0.396. The van der Waals surface area contributed by atoms with E-state index >= 15 is 0 Å². The number of phenolic OH excluding ortho intramolecular Hbond substituents is 1. The molecule has 0 saturated carbocycles. The van der Waals surface area contributed by atoms with Gasteiger partial charge in [-0.15, -0.1) is 0 Å². The lowest BCUT2D eigenvalue weighted by molar-refractivity contribution is 0.476. The smallest absolute Gasteiger partial charge is 0.126 e. The Bertz CT molecular complexity index is 825. The van der Waals surface area contributed by atoms with Gasteiger partial charge < -0.3 is 5.11 Å². The molecular formula is C21H20O. The maximum absolute atomic E-state index is 10.6. The molecule has 22 heavy (non-hydrogen) atoms. The van der Waals surface area contributed by atoms with Gasteiger partial charge in [0, 0.05) is 5.39 Å². The van der Waals surface area contributed by atoms with Gasteiger partial charge in [-0.1, -0.05) is 66.2 Å². The molecule has 0 radical (unpaired) electrons. The van der Waals surface area contributed by atoms with Crippen molar-refractivity contribution in [3.05, 3.63) is 77.9 Å². The predicted octanol–water partition coefficient (Wildman–Crippen LogP) is 5.72. The van der Waals surface area contributed by atoms with Crippen molar-refractivity contribution < 1.29 is 5.11 Å². The average molecular weight is 288 g/mol. The van der Waals surface area contributed by atoms with E-state index in [1.54, 1.807) is 0 Å². The van der Waals surface area contributed by atoms with Crippen molar-refractivity contribution in [2.75, 3.05) is 0 Å². The zero-order chi connectivity index (χ0) is 15.5. The SMILES string of the molecule is CC(C)=CCc1cc(-c2ccccc2)c2ccccc2c1O. The number of hydrogen-bond donors (Lipinski definition) is 1. The van der Waals surface area contributed by atoms with Crippen LogP contribution in [0.15, 0.2) is 72.3 Å². The Kier molecular flexibility index (Phi) is 3.97. The molecule has 0 saturated heterocycles. The zero-order valence-electron chi connectivity index (χ0n) is 13.0. The Morgan fingerprint density at radius 1 is 0.909 bits per heavy atom. The van der Waals surface area contributed by atoms with E-state index in [2.05, 4.69) is 44.2 Å².